The third kappa shape index (κ3) is 4.23. The lowest BCUT2D eigenvalue weighted by atomic mass is 10.1. The number of thioether (sulfide) groups is 1. The summed E-state index contributed by atoms with van der Waals surface area (Å²) in [6.45, 7) is 0. The van der Waals surface area contributed by atoms with Gasteiger partial charge in [0.05, 0.1) is 35.5 Å². The standard InChI is InChI=1S/C20H19NO5S2/c1-25-19(22)13-27-18-12-17(15-10-6-7-11-16(15)20(18)26-2)21-28(23,24)14-8-4-3-5-9-14/h3-12,21H,13H2,1-2H3. The van der Waals surface area contributed by atoms with Crippen LogP contribution < -0.4 is 9.46 Å². The summed E-state index contributed by atoms with van der Waals surface area (Å²) in [5.74, 6) is 0.273. The minimum Gasteiger partial charge on any atom is -0.495 e. The van der Waals surface area contributed by atoms with Crippen molar-refractivity contribution < 1.29 is 22.7 Å². The van der Waals surface area contributed by atoms with Crippen LogP contribution in [-0.2, 0) is 19.6 Å². The fraction of sp³-hybridized carbons (Fsp3) is 0.150. The topological polar surface area (TPSA) is 81.7 Å². The van der Waals surface area contributed by atoms with Crippen LogP contribution in [0.3, 0.4) is 0 Å². The molecule has 0 aromatic heterocycles. The first kappa shape index (κ1) is 20.0. The molecule has 0 bridgehead atoms. The first-order valence-electron chi connectivity index (χ1n) is 8.33. The van der Waals surface area contributed by atoms with Crippen molar-refractivity contribution in [1.29, 1.82) is 0 Å². The van der Waals surface area contributed by atoms with Crippen LogP contribution in [0, 0.1) is 0 Å². The minimum atomic E-state index is -3.77. The fourth-order valence-electron chi connectivity index (χ4n) is 2.72. The van der Waals surface area contributed by atoms with Gasteiger partial charge in [0, 0.05) is 10.8 Å². The van der Waals surface area contributed by atoms with E-state index < -0.39 is 10.0 Å². The van der Waals surface area contributed by atoms with Gasteiger partial charge in [-0.15, -0.1) is 11.8 Å². The maximum atomic E-state index is 12.8. The summed E-state index contributed by atoms with van der Waals surface area (Å²) in [6.07, 6.45) is 0. The molecule has 0 amide bonds. The Kier molecular flexibility index (Phi) is 6.11. The summed E-state index contributed by atoms with van der Waals surface area (Å²) in [4.78, 5) is 12.4. The highest BCUT2D eigenvalue weighted by atomic mass is 32.2. The average Bonchev–Trinajstić information content (AvgIpc) is 2.72. The smallest absolute Gasteiger partial charge is 0.315 e. The van der Waals surface area contributed by atoms with E-state index in [1.807, 2.05) is 24.3 Å². The van der Waals surface area contributed by atoms with E-state index in [4.69, 9.17) is 4.74 Å². The molecule has 1 N–H and O–H groups in total. The molecule has 0 aliphatic rings. The molecule has 0 unspecified atom stereocenters. The number of ether oxygens (including phenoxy) is 2. The normalized spacial score (nSPS) is 11.2. The molecule has 0 saturated heterocycles. The van der Waals surface area contributed by atoms with E-state index in [1.165, 1.54) is 38.1 Å². The van der Waals surface area contributed by atoms with Gasteiger partial charge in [-0.3, -0.25) is 9.52 Å². The number of esters is 1. The zero-order valence-electron chi connectivity index (χ0n) is 15.3. The van der Waals surface area contributed by atoms with E-state index >= 15 is 0 Å². The number of carbonyl (C=O) groups is 1. The largest absolute Gasteiger partial charge is 0.495 e. The second kappa shape index (κ2) is 8.53. The molecule has 3 rings (SSSR count). The van der Waals surface area contributed by atoms with Crippen LogP contribution in [0.2, 0.25) is 0 Å². The van der Waals surface area contributed by atoms with Crippen molar-refractivity contribution in [2.75, 3.05) is 24.7 Å². The van der Waals surface area contributed by atoms with Crippen molar-refractivity contribution in [1.82, 2.24) is 0 Å². The molecule has 0 atom stereocenters. The quantitative estimate of drug-likeness (QED) is 0.464. The summed E-state index contributed by atoms with van der Waals surface area (Å²) < 4.78 is 38.5. The van der Waals surface area contributed by atoms with Gasteiger partial charge in [-0.2, -0.15) is 0 Å². The number of sulfonamides is 1. The Balaban J connectivity index is 2.10. The van der Waals surface area contributed by atoms with Gasteiger partial charge in [0.15, 0.2) is 0 Å². The molecular weight excluding hydrogens is 398 g/mol. The molecular formula is C20H19NO5S2. The average molecular weight is 418 g/mol. The third-order valence-electron chi connectivity index (χ3n) is 4.04. The van der Waals surface area contributed by atoms with Gasteiger partial charge in [0.2, 0.25) is 0 Å². The van der Waals surface area contributed by atoms with Crippen LogP contribution in [0.25, 0.3) is 10.8 Å². The van der Waals surface area contributed by atoms with E-state index in [2.05, 4.69) is 9.46 Å². The second-order valence-corrected chi connectivity index (χ2v) is 8.48. The molecule has 0 heterocycles. The number of anilines is 1. The lowest BCUT2D eigenvalue weighted by Gasteiger charge is -2.16. The molecule has 8 heteroatoms. The van der Waals surface area contributed by atoms with E-state index in [-0.39, 0.29) is 16.6 Å². The van der Waals surface area contributed by atoms with E-state index in [1.54, 1.807) is 24.3 Å². The number of fused-ring (bicyclic) bond motifs is 1. The molecule has 0 radical (unpaired) electrons. The minimum absolute atomic E-state index is 0.0794. The second-order valence-electron chi connectivity index (χ2n) is 5.78. The van der Waals surface area contributed by atoms with E-state index in [0.717, 1.165) is 5.39 Å². The van der Waals surface area contributed by atoms with Crippen molar-refractivity contribution >= 4 is 44.2 Å². The summed E-state index contributed by atoms with van der Waals surface area (Å²) in [5, 5.41) is 1.44. The summed E-state index contributed by atoms with van der Waals surface area (Å²) in [6, 6.07) is 17.1. The van der Waals surface area contributed by atoms with E-state index in [0.29, 0.717) is 21.7 Å². The molecule has 0 spiro atoms. The van der Waals surface area contributed by atoms with Gasteiger partial charge < -0.3 is 9.47 Å². The molecule has 0 fully saturated rings. The van der Waals surface area contributed by atoms with Gasteiger partial charge >= 0.3 is 5.97 Å². The van der Waals surface area contributed by atoms with Gasteiger partial charge in [-0.05, 0) is 18.2 Å². The highest BCUT2D eigenvalue weighted by molar-refractivity contribution is 8.00. The van der Waals surface area contributed by atoms with Crippen LogP contribution in [0.4, 0.5) is 5.69 Å². The Hall–Kier alpha value is -2.71. The maximum Gasteiger partial charge on any atom is 0.315 e. The van der Waals surface area contributed by atoms with Gasteiger partial charge in [-0.1, -0.05) is 42.5 Å². The molecule has 0 saturated carbocycles. The van der Waals surface area contributed by atoms with Crippen LogP contribution in [-0.4, -0.2) is 34.4 Å². The summed E-state index contributed by atoms with van der Waals surface area (Å²) >= 11 is 1.22. The molecule has 3 aromatic rings. The Bertz CT molecular complexity index is 1100. The van der Waals surface area contributed by atoms with Crippen molar-refractivity contribution in [3.63, 3.8) is 0 Å². The first-order valence-corrected chi connectivity index (χ1v) is 10.8. The van der Waals surface area contributed by atoms with Gasteiger partial charge in [0.25, 0.3) is 10.0 Å². The number of carbonyl (C=O) groups excluding carboxylic acids is 1. The SMILES string of the molecule is COC(=O)CSc1cc(NS(=O)(=O)c2ccccc2)c2ccccc2c1OC. The number of rotatable bonds is 7. The van der Waals surface area contributed by atoms with Crippen molar-refractivity contribution in [2.24, 2.45) is 0 Å². The Labute approximate surface area is 167 Å². The highest BCUT2D eigenvalue weighted by Gasteiger charge is 2.19. The third-order valence-corrected chi connectivity index (χ3v) is 6.41. The number of hydrogen-bond acceptors (Lipinski definition) is 6. The van der Waals surface area contributed by atoms with Crippen molar-refractivity contribution in [3.8, 4) is 5.75 Å². The zero-order valence-corrected chi connectivity index (χ0v) is 17.0. The van der Waals surface area contributed by atoms with Crippen LogP contribution in [0.15, 0.2) is 70.5 Å². The fourth-order valence-corrected chi connectivity index (χ4v) is 4.73. The monoisotopic (exact) mass is 417 g/mol. The highest BCUT2D eigenvalue weighted by Crippen LogP contribution is 2.41. The van der Waals surface area contributed by atoms with Crippen LogP contribution in [0.1, 0.15) is 0 Å². The number of methoxy groups -OCH3 is 2. The lowest BCUT2D eigenvalue weighted by Crippen LogP contribution is -2.13. The van der Waals surface area contributed by atoms with Crippen LogP contribution >= 0.6 is 11.8 Å². The van der Waals surface area contributed by atoms with E-state index in [9.17, 15) is 13.2 Å². The number of nitrogens with one attached hydrogen (secondary N) is 1. The maximum absolute atomic E-state index is 12.8. The van der Waals surface area contributed by atoms with Gasteiger partial charge in [-0.25, -0.2) is 8.42 Å². The predicted molar refractivity (Wildman–Crippen MR) is 110 cm³/mol. The van der Waals surface area contributed by atoms with Crippen molar-refractivity contribution in [3.05, 3.63) is 60.7 Å². The number of benzene rings is 3. The summed E-state index contributed by atoms with van der Waals surface area (Å²) in [5.41, 5.74) is 0.410. The molecule has 3 aromatic carbocycles. The molecule has 146 valence electrons. The lowest BCUT2D eigenvalue weighted by molar-refractivity contribution is -0.137. The molecule has 0 aliphatic carbocycles. The van der Waals surface area contributed by atoms with Gasteiger partial charge in [0.1, 0.15) is 5.75 Å². The Morgan fingerprint density at radius 3 is 2.29 bits per heavy atom. The summed E-state index contributed by atoms with van der Waals surface area (Å²) in [7, 11) is -0.910. The number of hydrogen-bond donors (Lipinski definition) is 1. The van der Waals surface area contributed by atoms with Crippen molar-refractivity contribution in [2.45, 2.75) is 9.79 Å². The Morgan fingerprint density at radius 1 is 1.00 bits per heavy atom. The Morgan fingerprint density at radius 2 is 1.64 bits per heavy atom. The molecule has 0 aliphatic heterocycles. The molecule has 6 nitrogen and oxygen atoms in total. The first-order chi connectivity index (χ1) is 13.5. The van der Waals surface area contributed by atoms with Crippen LogP contribution in [0.5, 0.6) is 5.75 Å². The predicted octanol–water partition coefficient (Wildman–Crippen LogP) is 3.91. The molecule has 28 heavy (non-hydrogen) atoms. The zero-order chi connectivity index (χ0) is 20.1.